The first-order valence-corrected chi connectivity index (χ1v) is 11.4. The number of rotatable bonds is 5. The summed E-state index contributed by atoms with van der Waals surface area (Å²) in [6.07, 6.45) is 1.49. The van der Waals surface area contributed by atoms with Gasteiger partial charge in [-0.3, -0.25) is 9.69 Å². The van der Waals surface area contributed by atoms with Crippen molar-refractivity contribution >= 4 is 22.8 Å². The second-order valence-electron chi connectivity index (χ2n) is 8.61. The number of likely N-dealkylation sites (tertiary alicyclic amines) is 1. The SMILES string of the molecule is Cc1cnc([C@@H]2C[C@H](NC(=O)c3ccc4ccccc4c3O)CN2C(=O)OCc2ccccc2)o1. The zero-order valence-corrected chi connectivity index (χ0v) is 19.2. The maximum Gasteiger partial charge on any atom is 0.410 e. The smallest absolute Gasteiger partial charge is 0.410 e. The number of aromatic hydroxyl groups is 1. The van der Waals surface area contributed by atoms with E-state index in [1.165, 1.54) is 4.90 Å². The number of phenolic OH excluding ortho intramolecular Hbond substituents is 1. The van der Waals surface area contributed by atoms with Crippen LogP contribution >= 0.6 is 0 Å². The molecule has 0 saturated carbocycles. The summed E-state index contributed by atoms with van der Waals surface area (Å²) < 4.78 is 11.2. The van der Waals surface area contributed by atoms with Crippen LogP contribution in [0.5, 0.6) is 5.75 Å². The molecule has 178 valence electrons. The molecule has 0 radical (unpaired) electrons. The van der Waals surface area contributed by atoms with Gasteiger partial charge in [-0.25, -0.2) is 9.78 Å². The highest BCUT2D eigenvalue weighted by atomic mass is 16.6. The van der Waals surface area contributed by atoms with Crippen molar-refractivity contribution in [1.29, 1.82) is 0 Å². The Hall–Kier alpha value is -4.33. The number of hydrogen-bond donors (Lipinski definition) is 2. The predicted molar refractivity (Wildman–Crippen MR) is 129 cm³/mol. The molecular formula is C27H25N3O5. The molecule has 8 nitrogen and oxygen atoms in total. The van der Waals surface area contributed by atoms with Gasteiger partial charge in [0.25, 0.3) is 5.91 Å². The van der Waals surface area contributed by atoms with Crippen molar-refractivity contribution in [3.8, 4) is 5.75 Å². The van der Waals surface area contributed by atoms with E-state index in [4.69, 9.17) is 9.15 Å². The van der Waals surface area contributed by atoms with E-state index in [-0.39, 0.29) is 30.5 Å². The van der Waals surface area contributed by atoms with E-state index >= 15 is 0 Å². The fourth-order valence-corrected chi connectivity index (χ4v) is 4.41. The molecule has 5 rings (SSSR count). The first-order chi connectivity index (χ1) is 17.0. The summed E-state index contributed by atoms with van der Waals surface area (Å²) in [6.45, 7) is 2.14. The Morgan fingerprint density at radius 1 is 1.11 bits per heavy atom. The van der Waals surface area contributed by atoms with Crippen molar-refractivity contribution in [2.75, 3.05) is 6.54 Å². The van der Waals surface area contributed by atoms with Gasteiger partial charge >= 0.3 is 6.09 Å². The van der Waals surface area contributed by atoms with Crippen molar-refractivity contribution in [3.05, 3.63) is 95.7 Å². The van der Waals surface area contributed by atoms with Gasteiger partial charge < -0.3 is 19.6 Å². The van der Waals surface area contributed by atoms with Gasteiger partial charge in [0.1, 0.15) is 24.2 Å². The van der Waals surface area contributed by atoms with Crippen LogP contribution in [0.25, 0.3) is 10.8 Å². The zero-order chi connectivity index (χ0) is 24.4. The normalized spacial score (nSPS) is 17.5. The molecule has 1 aliphatic rings. The number of ether oxygens (including phenoxy) is 1. The van der Waals surface area contributed by atoms with Crippen molar-refractivity contribution in [3.63, 3.8) is 0 Å². The average molecular weight is 472 g/mol. The number of phenols is 1. The summed E-state index contributed by atoms with van der Waals surface area (Å²) >= 11 is 0. The van der Waals surface area contributed by atoms with E-state index in [0.29, 0.717) is 23.5 Å². The highest BCUT2D eigenvalue weighted by molar-refractivity contribution is 6.03. The third-order valence-corrected chi connectivity index (χ3v) is 6.15. The number of hydrogen-bond acceptors (Lipinski definition) is 6. The maximum atomic E-state index is 13.1. The van der Waals surface area contributed by atoms with E-state index < -0.39 is 18.0 Å². The largest absolute Gasteiger partial charge is 0.506 e. The number of nitrogens with zero attached hydrogens (tertiary/aromatic N) is 2. The van der Waals surface area contributed by atoms with Crippen LogP contribution in [0.3, 0.4) is 0 Å². The molecule has 2 heterocycles. The van der Waals surface area contributed by atoms with E-state index in [1.807, 2.05) is 48.5 Å². The highest BCUT2D eigenvalue weighted by Gasteiger charge is 2.40. The highest BCUT2D eigenvalue weighted by Crippen LogP contribution is 2.34. The van der Waals surface area contributed by atoms with Crippen molar-refractivity contribution < 1.29 is 23.8 Å². The van der Waals surface area contributed by atoms with Crippen LogP contribution < -0.4 is 5.32 Å². The molecule has 1 saturated heterocycles. The number of amides is 2. The Kier molecular flexibility index (Phi) is 6.10. The van der Waals surface area contributed by atoms with Crippen LogP contribution in [0.1, 0.15) is 40.0 Å². The van der Waals surface area contributed by atoms with Gasteiger partial charge in [-0.15, -0.1) is 0 Å². The molecule has 1 aliphatic heterocycles. The second-order valence-corrected chi connectivity index (χ2v) is 8.61. The molecule has 0 spiro atoms. The van der Waals surface area contributed by atoms with Gasteiger partial charge in [-0.05, 0) is 30.4 Å². The third-order valence-electron chi connectivity index (χ3n) is 6.15. The zero-order valence-electron chi connectivity index (χ0n) is 19.2. The van der Waals surface area contributed by atoms with Crippen LogP contribution in [0, 0.1) is 6.92 Å². The van der Waals surface area contributed by atoms with E-state index in [0.717, 1.165) is 10.9 Å². The number of aryl methyl sites for hydroxylation is 1. The molecule has 0 aliphatic carbocycles. The number of benzene rings is 3. The minimum absolute atomic E-state index is 0.0717. The van der Waals surface area contributed by atoms with Crippen LogP contribution in [-0.4, -0.2) is 39.6 Å². The quantitative estimate of drug-likeness (QED) is 0.436. The van der Waals surface area contributed by atoms with Crippen molar-refractivity contribution in [2.24, 2.45) is 0 Å². The molecule has 4 aromatic rings. The average Bonchev–Trinajstić information content (AvgIpc) is 3.49. The number of carbonyl (C=O) groups is 2. The predicted octanol–water partition coefficient (Wildman–Crippen LogP) is 4.72. The van der Waals surface area contributed by atoms with Crippen LogP contribution in [0.15, 0.2) is 77.3 Å². The fourth-order valence-electron chi connectivity index (χ4n) is 4.41. The Labute approximate surface area is 202 Å². The molecule has 0 bridgehead atoms. The molecule has 8 heteroatoms. The molecule has 3 aromatic carbocycles. The Morgan fingerprint density at radius 2 is 1.89 bits per heavy atom. The number of aromatic nitrogens is 1. The fraction of sp³-hybridized carbons (Fsp3) is 0.222. The van der Waals surface area contributed by atoms with Gasteiger partial charge in [-0.1, -0.05) is 60.7 Å². The summed E-state index contributed by atoms with van der Waals surface area (Å²) in [5.41, 5.74) is 1.05. The molecule has 0 unspecified atom stereocenters. The van der Waals surface area contributed by atoms with E-state index in [2.05, 4.69) is 10.3 Å². The lowest BCUT2D eigenvalue weighted by atomic mass is 10.0. The summed E-state index contributed by atoms with van der Waals surface area (Å²) in [5.74, 6) is 0.535. The molecule has 2 N–H and O–H groups in total. The number of oxazole rings is 1. The number of nitrogens with one attached hydrogen (secondary N) is 1. The minimum Gasteiger partial charge on any atom is -0.506 e. The molecule has 35 heavy (non-hydrogen) atoms. The lowest BCUT2D eigenvalue weighted by Gasteiger charge is -2.21. The summed E-state index contributed by atoms with van der Waals surface area (Å²) in [4.78, 5) is 31.9. The van der Waals surface area contributed by atoms with Crippen LogP contribution in [-0.2, 0) is 11.3 Å². The molecule has 2 amide bonds. The van der Waals surface area contributed by atoms with Crippen LogP contribution in [0.4, 0.5) is 4.79 Å². The summed E-state index contributed by atoms with van der Waals surface area (Å²) in [6, 6.07) is 19.3. The second kappa shape index (κ2) is 9.50. The summed E-state index contributed by atoms with van der Waals surface area (Å²) in [7, 11) is 0. The Morgan fingerprint density at radius 3 is 2.66 bits per heavy atom. The monoisotopic (exact) mass is 471 g/mol. The Bertz CT molecular complexity index is 1370. The third kappa shape index (κ3) is 4.68. The van der Waals surface area contributed by atoms with Crippen LogP contribution in [0.2, 0.25) is 0 Å². The molecule has 1 fully saturated rings. The van der Waals surface area contributed by atoms with Gasteiger partial charge in [0.2, 0.25) is 5.89 Å². The standard InChI is InChI=1S/C27H25N3O5/c1-17-14-28-26(35-17)23-13-20(15-30(23)27(33)34-16-18-7-3-2-4-8-18)29-25(32)22-12-11-19-9-5-6-10-21(19)24(22)31/h2-12,14,20,23,31H,13,15-16H2,1H3,(H,29,32)/t20-,23-/m0/s1. The molecular weight excluding hydrogens is 446 g/mol. The van der Waals surface area contributed by atoms with E-state index in [9.17, 15) is 14.7 Å². The molecule has 1 aromatic heterocycles. The minimum atomic E-state index is -0.514. The maximum absolute atomic E-state index is 13.1. The van der Waals surface area contributed by atoms with E-state index in [1.54, 1.807) is 31.3 Å². The van der Waals surface area contributed by atoms with Crippen molar-refractivity contribution in [1.82, 2.24) is 15.2 Å². The van der Waals surface area contributed by atoms with Gasteiger partial charge in [-0.2, -0.15) is 0 Å². The van der Waals surface area contributed by atoms with Crippen molar-refractivity contribution in [2.45, 2.75) is 32.0 Å². The topological polar surface area (TPSA) is 105 Å². The number of carbonyl (C=O) groups excluding carboxylic acids is 2. The lowest BCUT2D eigenvalue weighted by Crippen LogP contribution is -2.38. The van der Waals surface area contributed by atoms with Gasteiger partial charge in [0.15, 0.2) is 0 Å². The molecule has 2 atom stereocenters. The Balaban J connectivity index is 1.33. The first kappa shape index (κ1) is 22.5. The van der Waals surface area contributed by atoms with Gasteiger partial charge in [0.05, 0.1) is 11.8 Å². The lowest BCUT2D eigenvalue weighted by molar-refractivity contribution is 0.0857. The summed E-state index contributed by atoms with van der Waals surface area (Å²) in [5, 5.41) is 15.1. The first-order valence-electron chi connectivity index (χ1n) is 11.4. The number of fused-ring (bicyclic) bond motifs is 1. The van der Waals surface area contributed by atoms with Gasteiger partial charge in [0, 0.05) is 18.0 Å².